The van der Waals surface area contributed by atoms with Crippen LogP contribution in [-0.4, -0.2) is 37.5 Å². The Morgan fingerprint density at radius 3 is 2.86 bits per heavy atom. The zero-order valence-electron chi connectivity index (χ0n) is 11.7. The smallest absolute Gasteiger partial charge is 0.245 e. The van der Waals surface area contributed by atoms with Crippen LogP contribution in [-0.2, 0) is 13.0 Å². The minimum Gasteiger partial charge on any atom is -0.479 e. The molecule has 0 fully saturated rings. The van der Waals surface area contributed by atoms with Crippen molar-refractivity contribution in [3.63, 3.8) is 0 Å². The van der Waals surface area contributed by atoms with Crippen LogP contribution < -0.4 is 4.74 Å². The van der Waals surface area contributed by atoms with E-state index in [1.165, 1.54) is 11.2 Å². The lowest BCUT2D eigenvalue weighted by Gasteiger charge is -2.05. The van der Waals surface area contributed by atoms with Gasteiger partial charge in [0.15, 0.2) is 11.2 Å². The van der Waals surface area contributed by atoms with Crippen LogP contribution in [0.2, 0.25) is 0 Å². The number of aromatic nitrogens is 5. The number of alkyl halides is 1. The first kappa shape index (κ1) is 14.2. The lowest BCUT2D eigenvalue weighted by Crippen LogP contribution is -2.06. The van der Waals surface area contributed by atoms with Crippen molar-refractivity contribution in [1.29, 1.82) is 0 Å². The Bertz CT molecular complexity index is 769. The average Bonchev–Trinajstić information content (AvgIpc) is 3.04. The van der Waals surface area contributed by atoms with Crippen molar-refractivity contribution >= 4 is 34.1 Å². The lowest BCUT2D eigenvalue weighted by molar-refractivity contribution is 0.401. The fourth-order valence-corrected chi connectivity index (χ4v) is 3.11. The number of fused-ring (bicyclic) bond motifs is 1. The van der Waals surface area contributed by atoms with Gasteiger partial charge in [-0.3, -0.25) is 0 Å². The molecule has 0 aliphatic carbocycles. The highest BCUT2D eigenvalue weighted by Crippen LogP contribution is 2.24. The van der Waals surface area contributed by atoms with Crippen LogP contribution in [0.25, 0.3) is 11.2 Å². The molecular weight excluding hydrogens is 310 g/mol. The van der Waals surface area contributed by atoms with Gasteiger partial charge in [0, 0.05) is 23.4 Å². The fourth-order valence-electron chi connectivity index (χ4n) is 2.16. The minimum atomic E-state index is 0.477. The Morgan fingerprint density at radius 1 is 1.33 bits per heavy atom. The van der Waals surface area contributed by atoms with Crippen LogP contribution in [0.5, 0.6) is 5.88 Å². The highest BCUT2D eigenvalue weighted by atomic mass is 35.5. The molecule has 0 aliphatic heterocycles. The van der Waals surface area contributed by atoms with Gasteiger partial charge >= 0.3 is 0 Å². The summed E-state index contributed by atoms with van der Waals surface area (Å²) in [5, 5.41) is 1.01. The van der Waals surface area contributed by atoms with Gasteiger partial charge in [-0.2, -0.15) is 4.98 Å². The largest absolute Gasteiger partial charge is 0.479 e. The maximum Gasteiger partial charge on any atom is 0.245 e. The van der Waals surface area contributed by atoms with E-state index >= 15 is 0 Å². The van der Waals surface area contributed by atoms with E-state index in [0.29, 0.717) is 30.2 Å². The molecule has 3 rings (SSSR count). The second-order valence-corrected chi connectivity index (χ2v) is 6.17. The quantitative estimate of drug-likeness (QED) is 0.675. The zero-order chi connectivity index (χ0) is 14.8. The molecule has 3 heterocycles. The molecule has 0 saturated heterocycles. The van der Waals surface area contributed by atoms with E-state index in [0.717, 1.165) is 16.5 Å². The molecule has 0 spiro atoms. The van der Waals surface area contributed by atoms with Gasteiger partial charge in [0.25, 0.3) is 0 Å². The van der Waals surface area contributed by atoms with Crippen molar-refractivity contribution in [3.05, 3.63) is 28.2 Å². The second kappa shape index (κ2) is 5.95. The lowest BCUT2D eigenvalue weighted by atomic mass is 10.4. The predicted octanol–water partition coefficient (Wildman–Crippen LogP) is 2.43. The summed E-state index contributed by atoms with van der Waals surface area (Å²) in [6.45, 7) is 2.67. The number of thiazole rings is 1. The second-order valence-electron chi connectivity index (χ2n) is 4.47. The van der Waals surface area contributed by atoms with Crippen molar-refractivity contribution in [2.24, 2.45) is 0 Å². The van der Waals surface area contributed by atoms with Crippen LogP contribution >= 0.6 is 22.9 Å². The van der Waals surface area contributed by atoms with E-state index in [2.05, 4.69) is 19.9 Å². The highest BCUT2D eigenvalue weighted by Gasteiger charge is 2.17. The number of aryl methyl sites for hydroxylation is 2. The molecule has 0 bridgehead atoms. The molecule has 3 aromatic heterocycles. The number of hydrogen-bond acceptors (Lipinski definition) is 6. The van der Waals surface area contributed by atoms with Gasteiger partial charge in [0.2, 0.25) is 5.88 Å². The molecule has 8 heteroatoms. The molecule has 0 amide bonds. The summed E-state index contributed by atoms with van der Waals surface area (Å²) >= 11 is 7.55. The Balaban J connectivity index is 2.11. The third kappa shape index (κ3) is 2.71. The molecule has 0 unspecified atom stereocenters. The summed E-state index contributed by atoms with van der Waals surface area (Å²) in [4.78, 5) is 18.6. The fraction of sp³-hybridized carbons (Fsp3) is 0.385. The van der Waals surface area contributed by atoms with E-state index in [1.807, 2.05) is 17.7 Å². The number of rotatable bonds is 5. The first-order valence-electron chi connectivity index (χ1n) is 6.44. The van der Waals surface area contributed by atoms with E-state index in [1.54, 1.807) is 18.4 Å². The zero-order valence-corrected chi connectivity index (χ0v) is 13.3. The topological polar surface area (TPSA) is 65.7 Å². The molecule has 6 nitrogen and oxygen atoms in total. The molecule has 0 aliphatic rings. The molecule has 110 valence electrons. The van der Waals surface area contributed by atoms with Crippen LogP contribution in [0, 0.1) is 6.92 Å². The van der Waals surface area contributed by atoms with Gasteiger partial charge in [0.05, 0.1) is 13.7 Å². The normalized spacial score (nSPS) is 11.2. The SMILES string of the molecule is COc1ncnc2c1nc(CCCl)n2Cc1ncc(C)s1. The number of hydrogen-bond donors (Lipinski definition) is 0. The summed E-state index contributed by atoms with van der Waals surface area (Å²) < 4.78 is 7.28. The predicted molar refractivity (Wildman–Crippen MR) is 82.3 cm³/mol. The summed E-state index contributed by atoms with van der Waals surface area (Å²) in [5.74, 6) is 1.84. The van der Waals surface area contributed by atoms with Crippen LogP contribution in [0.3, 0.4) is 0 Å². The molecule has 21 heavy (non-hydrogen) atoms. The number of halogens is 1. The van der Waals surface area contributed by atoms with Crippen molar-refractivity contribution in [3.8, 4) is 5.88 Å². The third-order valence-electron chi connectivity index (χ3n) is 3.05. The Kier molecular flexibility index (Phi) is 4.03. The van der Waals surface area contributed by atoms with Crippen molar-refractivity contribution in [2.75, 3.05) is 13.0 Å². The molecule has 0 atom stereocenters. The molecule has 0 radical (unpaired) electrons. The highest BCUT2D eigenvalue weighted by molar-refractivity contribution is 7.11. The molecule has 0 saturated carbocycles. The Morgan fingerprint density at radius 2 is 2.19 bits per heavy atom. The van der Waals surface area contributed by atoms with Crippen LogP contribution in [0.4, 0.5) is 0 Å². The van der Waals surface area contributed by atoms with E-state index < -0.39 is 0 Å². The van der Waals surface area contributed by atoms with Gasteiger partial charge in [-0.05, 0) is 6.92 Å². The van der Waals surface area contributed by atoms with Gasteiger partial charge in [-0.25, -0.2) is 15.0 Å². The Labute approximate surface area is 130 Å². The maximum atomic E-state index is 5.88. The standard InChI is InChI=1S/C13H14ClN5OS/c1-8-5-15-10(21-8)6-19-9(3-4-14)18-11-12(19)16-7-17-13(11)20-2/h5,7H,3-4,6H2,1-2H3. The first-order valence-corrected chi connectivity index (χ1v) is 7.79. The maximum absolute atomic E-state index is 5.88. The third-order valence-corrected chi connectivity index (χ3v) is 4.14. The van der Waals surface area contributed by atoms with Gasteiger partial charge in [-0.15, -0.1) is 22.9 Å². The summed E-state index contributed by atoms with van der Waals surface area (Å²) in [6.07, 6.45) is 4.01. The van der Waals surface area contributed by atoms with Crippen LogP contribution in [0.15, 0.2) is 12.5 Å². The van der Waals surface area contributed by atoms with E-state index in [4.69, 9.17) is 16.3 Å². The van der Waals surface area contributed by atoms with E-state index in [9.17, 15) is 0 Å². The van der Waals surface area contributed by atoms with E-state index in [-0.39, 0.29) is 0 Å². The molecular formula is C13H14ClN5OS. The van der Waals surface area contributed by atoms with Crippen LogP contribution in [0.1, 0.15) is 15.7 Å². The molecule has 0 aromatic carbocycles. The van der Waals surface area contributed by atoms with Gasteiger partial charge in [-0.1, -0.05) is 0 Å². The first-order chi connectivity index (χ1) is 10.2. The summed E-state index contributed by atoms with van der Waals surface area (Å²) in [7, 11) is 1.58. The average molecular weight is 324 g/mol. The summed E-state index contributed by atoms with van der Waals surface area (Å²) in [6, 6.07) is 0. The number of imidazole rings is 1. The summed E-state index contributed by atoms with van der Waals surface area (Å²) in [5.41, 5.74) is 1.41. The van der Waals surface area contributed by atoms with Gasteiger partial charge < -0.3 is 9.30 Å². The number of ether oxygens (including phenoxy) is 1. The molecule has 3 aromatic rings. The van der Waals surface area contributed by atoms with Crippen molar-refractivity contribution < 1.29 is 4.74 Å². The molecule has 0 N–H and O–H groups in total. The van der Waals surface area contributed by atoms with Crippen molar-refractivity contribution in [1.82, 2.24) is 24.5 Å². The Hall–Kier alpha value is -1.73. The minimum absolute atomic E-state index is 0.477. The van der Waals surface area contributed by atoms with Gasteiger partial charge in [0.1, 0.15) is 17.2 Å². The number of methoxy groups -OCH3 is 1. The number of nitrogens with zero attached hydrogens (tertiary/aromatic N) is 5. The monoisotopic (exact) mass is 323 g/mol. The van der Waals surface area contributed by atoms with Crippen molar-refractivity contribution in [2.45, 2.75) is 19.9 Å².